The second-order valence-electron chi connectivity index (χ2n) is 1.68. The number of rotatable bonds is 1. The molecule has 1 rings (SSSR count). The van der Waals surface area contributed by atoms with Crippen LogP contribution < -0.4 is 0 Å². The molecular weight excluding hydrogens is 112 g/mol. The Morgan fingerprint density at radius 3 is 3.00 bits per heavy atom. The van der Waals surface area contributed by atoms with Gasteiger partial charge in [-0.2, -0.15) is 0 Å². The molecule has 2 unspecified atom stereocenters. The average molecular weight is 138 g/mol. The van der Waals surface area contributed by atoms with E-state index >= 15 is 0 Å². The van der Waals surface area contributed by atoms with Crippen LogP contribution in [0.5, 0.6) is 0 Å². The maximum absolute atomic E-state index is 9.98. The maximum Gasteiger partial charge on any atom is 0.0603 e. The molecule has 2 atom stereocenters. The van der Waals surface area contributed by atoms with Crippen molar-refractivity contribution in [2.45, 2.75) is 44.9 Å². The van der Waals surface area contributed by atoms with Crippen molar-refractivity contribution in [1.29, 1.82) is 0 Å². The van der Waals surface area contributed by atoms with Gasteiger partial charge in [-0.25, -0.2) is 0 Å². The van der Waals surface area contributed by atoms with E-state index in [1.165, 1.54) is 6.92 Å². The highest BCUT2D eigenvalue weighted by atomic mass is 16.3. The van der Waals surface area contributed by atoms with Crippen LogP contribution in [0.3, 0.4) is 0 Å². The topological polar surface area (TPSA) is 20.2 Å². The van der Waals surface area contributed by atoms with Gasteiger partial charge in [0.15, 0.2) is 0 Å². The molecule has 0 heterocycles. The molecule has 1 fully saturated rings. The van der Waals surface area contributed by atoms with E-state index in [9.17, 15) is 5.11 Å². The van der Waals surface area contributed by atoms with E-state index in [0.29, 0.717) is 0 Å². The van der Waals surface area contributed by atoms with Gasteiger partial charge in [-0.05, 0) is 18.6 Å². The highest BCUT2D eigenvalue weighted by Crippen LogP contribution is 2.26. The Labute approximate surface area is 71.1 Å². The summed E-state index contributed by atoms with van der Waals surface area (Å²) < 4.78 is 76.2. The van der Waals surface area contributed by atoms with Gasteiger partial charge in [0.25, 0.3) is 0 Å². The molecule has 1 aliphatic carbocycles. The second-order valence-corrected chi connectivity index (χ2v) is 1.68. The zero-order chi connectivity index (χ0) is 15.7. The first-order valence-corrected chi connectivity index (χ1v) is 2.78. The lowest BCUT2D eigenvalue weighted by atomic mass is 9.85. The van der Waals surface area contributed by atoms with Crippen molar-refractivity contribution < 1.29 is 18.8 Å². The third-order valence-electron chi connectivity index (χ3n) is 1.10. The first-order valence-electron chi connectivity index (χ1n) is 7.78. The van der Waals surface area contributed by atoms with Gasteiger partial charge in [0.2, 0.25) is 0 Å². The first-order chi connectivity index (χ1) is 8.06. The van der Waals surface area contributed by atoms with E-state index in [1.807, 2.05) is 0 Å². The molecule has 0 aliphatic heterocycles. The summed E-state index contributed by atoms with van der Waals surface area (Å²) in [5.74, 6) is -2.85. The lowest BCUT2D eigenvalue weighted by Gasteiger charge is -2.25. The lowest BCUT2D eigenvalue weighted by Crippen LogP contribution is -2.23. The minimum absolute atomic E-state index is 0.547. The van der Waals surface area contributed by atoms with Gasteiger partial charge in [0.05, 0.1) is 7.45 Å². The Morgan fingerprint density at radius 1 is 1.67 bits per heavy atom. The van der Waals surface area contributed by atoms with Crippen molar-refractivity contribution in [3.05, 3.63) is 0 Å². The standard InChI is InChI=1S/C8H16O/c1-2-7-5-3-4-6-8(7)9/h7-9H,2-6H2,1H3/i3D2,4D2,5D2,6D2,7D,8D. The second kappa shape index (κ2) is 3.21. The van der Waals surface area contributed by atoms with Crippen LogP contribution in [0.25, 0.3) is 0 Å². The SMILES string of the molecule is [2H]C1([2H])C([2H])([2H])C([2H])([2H])C([2H])(CC)C([2H])(O)C1([2H])[2H]. The summed E-state index contributed by atoms with van der Waals surface area (Å²) in [7, 11) is 0. The van der Waals surface area contributed by atoms with Gasteiger partial charge in [-0.1, -0.05) is 26.1 Å². The van der Waals surface area contributed by atoms with Crippen LogP contribution >= 0.6 is 0 Å². The Hall–Kier alpha value is -0.0400. The van der Waals surface area contributed by atoms with Crippen LogP contribution in [0.1, 0.15) is 52.5 Å². The van der Waals surface area contributed by atoms with Crippen molar-refractivity contribution in [1.82, 2.24) is 0 Å². The van der Waals surface area contributed by atoms with E-state index in [2.05, 4.69) is 0 Å². The maximum atomic E-state index is 9.98. The van der Waals surface area contributed by atoms with Gasteiger partial charge in [0.1, 0.15) is 0 Å². The van der Waals surface area contributed by atoms with Gasteiger partial charge < -0.3 is 5.11 Å². The number of hydrogen-bond acceptors (Lipinski definition) is 1. The van der Waals surface area contributed by atoms with Crippen molar-refractivity contribution >= 4 is 0 Å². The van der Waals surface area contributed by atoms with Crippen LogP contribution in [-0.2, 0) is 0 Å². The van der Waals surface area contributed by atoms with Gasteiger partial charge >= 0.3 is 0 Å². The van der Waals surface area contributed by atoms with Crippen molar-refractivity contribution in [2.24, 2.45) is 5.89 Å². The van der Waals surface area contributed by atoms with E-state index in [4.69, 9.17) is 13.7 Å². The van der Waals surface area contributed by atoms with E-state index in [0.717, 1.165) is 0 Å². The van der Waals surface area contributed by atoms with Gasteiger partial charge in [-0.3, -0.25) is 0 Å². The molecule has 9 heavy (non-hydrogen) atoms. The van der Waals surface area contributed by atoms with Gasteiger partial charge in [-0.15, -0.1) is 0 Å². The quantitative estimate of drug-likeness (QED) is 0.587. The third-order valence-corrected chi connectivity index (χ3v) is 1.10. The molecule has 54 valence electrons. The molecule has 1 saturated carbocycles. The summed E-state index contributed by atoms with van der Waals surface area (Å²) >= 11 is 0. The number of hydrogen-bond donors (Lipinski definition) is 1. The predicted molar refractivity (Wildman–Crippen MR) is 38.3 cm³/mol. The summed E-state index contributed by atoms with van der Waals surface area (Å²) in [4.78, 5) is 0. The summed E-state index contributed by atoms with van der Waals surface area (Å²) in [5.41, 5.74) is 0. The van der Waals surface area contributed by atoms with E-state index in [-0.39, 0.29) is 0 Å². The molecule has 0 aromatic carbocycles. The van der Waals surface area contributed by atoms with Crippen LogP contribution in [0.15, 0.2) is 0 Å². The van der Waals surface area contributed by atoms with E-state index < -0.39 is 43.9 Å². The van der Waals surface area contributed by atoms with Crippen LogP contribution in [-0.4, -0.2) is 11.2 Å². The predicted octanol–water partition coefficient (Wildman–Crippen LogP) is 1.95. The van der Waals surface area contributed by atoms with E-state index in [1.54, 1.807) is 0 Å². The Balaban J connectivity index is 3.76. The molecule has 0 bridgehead atoms. The fourth-order valence-corrected chi connectivity index (χ4v) is 0.588. The molecule has 0 spiro atoms. The molecule has 0 aromatic rings. The fourth-order valence-electron chi connectivity index (χ4n) is 0.588. The summed E-state index contributed by atoms with van der Waals surface area (Å²) in [6, 6.07) is 0. The minimum Gasteiger partial charge on any atom is -0.393 e. The molecule has 1 aliphatic rings. The lowest BCUT2D eigenvalue weighted by molar-refractivity contribution is 0.0680. The zero-order valence-corrected chi connectivity index (χ0v) is 5.15. The monoisotopic (exact) mass is 138 g/mol. The summed E-state index contributed by atoms with van der Waals surface area (Å²) in [5, 5.41) is 9.98. The van der Waals surface area contributed by atoms with Crippen LogP contribution in [0.2, 0.25) is 0 Å². The number of aliphatic hydroxyl groups is 1. The fraction of sp³-hybridized carbons (Fsp3) is 1.00. The Kier molecular flexibility index (Phi) is 0.563. The molecule has 0 aromatic heterocycles. The van der Waals surface area contributed by atoms with Crippen molar-refractivity contribution in [2.75, 3.05) is 0 Å². The van der Waals surface area contributed by atoms with Crippen LogP contribution in [0.4, 0.5) is 0 Å². The third kappa shape index (κ3) is 1.68. The molecule has 1 heteroatoms. The van der Waals surface area contributed by atoms with Crippen LogP contribution in [0, 0.1) is 5.89 Å². The highest BCUT2D eigenvalue weighted by Gasteiger charge is 2.20. The summed E-state index contributed by atoms with van der Waals surface area (Å²) in [6.45, 7) is 1.22. The van der Waals surface area contributed by atoms with Crippen molar-refractivity contribution in [3.8, 4) is 0 Å². The molecule has 0 saturated heterocycles. The normalized spacial score (nSPS) is 91.8. The smallest absolute Gasteiger partial charge is 0.0603 e. The zero-order valence-electron chi connectivity index (χ0n) is 15.2. The highest BCUT2D eigenvalue weighted by molar-refractivity contribution is 4.72. The average Bonchev–Trinajstić information content (AvgIpc) is 2.24. The Morgan fingerprint density at radius 2 is 2.33 bits per heavy atom. The first kappa shape index (κ1) is 1.58. The molecule has 1 nitrogen and oxygen atoms in total. The molecular formula is C8H16O. The minimum atomic E-state index is -3.47. The largest absolute Gasteiger partial charge is 0.393 e. The Bertz CT molecular complexity index is 357. The summed E-state index contributed by atoms with van der Waals surface area (Å²) in [6.07, 6.45) is -17.5. The molecule has 1 N–H and O–H groups in total. The van der Waals surface area contributed by atoms with Crippen molar-refractivity contribution in [3.63, 3.8) is 0 Å². The van der Waals surface area contributed by atoms with Gasteiger partial charge in [0, 0.05) is 12.3 Å². The molecule has 0 amide bonds. The molecule has 0 radical (unpaired) electrons.